The molecule has 8 heteroatoms. The molecule has 0 atom stereocenters. The van der Waals surface area contributed by atoms with Crippen LogP contribution in [-0.4, -0.2) is 38.4 Å². The van der Waals surface area contributed by atoms with Crippen molar-refractivity contribution in [1.29, 1.82) is 0 Å². The van der Waals surface area contributed by atoms with Gasteiger partial charge in [0.15, 0.2) is 22.3 Å². The van der Waals surface area contributed by atoms with Crippen LogP contribution in [0, 0.1) is 0 Å². The smallest absolute Gasteiger partial charge is 0.341 e. The summed E-state index contributed by atoms with van der Waals surface area (Å²) in [5.41, 5.74) is 1.84. The van der Waals surface area contributed by atoms with Gasteiger partial charge in [-0.15, -0.1) is 0 Å². The number of ether oxygens (including phenoxy) is 2. The van der Waals surface area contributed by atoms with Gasteiger partial charge < -0.3 is 9.47 Å². The number of rotatable bonds is 1. The van der Waals surface area contributed by atoms with E-state index in [0.29, 0.717) is 22.8 Å². The van der Waals surface area contributed by atoms with Crippen molar-refractivity contribution < 1.29 is 9.47 Å². The van der Waals surface area contributed by atoms with E-state index in [9.17, 15) is 4.79 Å². The van der Waals surface area contributed by atoms with Gasteiger partial charge in [-0.25, -0.2) is 18.9 Å². The largest absolute Gasteiger partial charge is 0.454 e. The molecule has 0 aliphatic carbocycles. The van der Waals surface area contributed by atoms with Crippen molar-refractivity contribution in [3.8, 4) is 17.2 Å². The average molecular weight is 340 g/mol. The first-order chi connectivity index (χ1) is 11.8. The molecule has 5 rings (SSSR count). The summed E-state index contributed by atoms with van der Waals surface area (Å²) in [6, 6.07) is 9.14. The Morgan fingerprint density at radius 3 is 2.92 bits per heavy atom. The summed E-state index contributed by atoms with van der Waals surface area (Å²) in [6.45, 7) is 0.921. The summed E-state index contributed by atoms with van der Waals surface area (Å²) in [5.74, 6) is 2.20. The van der Waals surface area contributed by atoms with Gasteiger partial charge in [0.25, 0.3) is 0 Å². The third-order valence-corrected chi connectivity index (χ3v) is 4.93. The second-order valence-corrected chi connectivity index (χ2v) is 6.41. The Kier molecular flexibility index (Phi) is 2.93. The molecule has 0 saturated carbocycles. The Labute approximate surface area is 140 Å². The number of hydrogen-bond donors (Lipinski definition) is 0. The first-order valence-corrected chi connectivity index (χ1v) is 8.47. The highest BCUT2D eigenvalue weighted by Gasteiger charge is 2.22. The number of hydrogen-bond acceptors (Lipinski definition) is 6. The van der Waals surface area contributed by atoms with Crippen molar-refractivity contribution in [2.24, 2.45) is 4.99 Å². The Balaban J connectivity index is 1.80. The highest BCUT2D eigenvalue weighted by atomic mass is 32.2. The molecule has 0 saturated heterocycles. The van der Waals surface area contributed by atoms with E-state index in [1.165, 1.54) is 0 Å². The van der Waals surface area contributed by atoms with Crippen LogP contribution in [0.3, 0.4) is 0 Å². The summed E-state index contributed by atoms with van der Waals surface area (Å²) in [6.07, 6.45) is 1.68. The van der Waals surface area contributed by atoms with Gasteiger partial charge in [-0.2, -0.15) is 0 Å². The van der Waals surface area contributed by atoms with Crippen molar-refractivity contribution in [2.75, 3.05) is 19.1 Å². The molecule has 1 aromatic carbocycles. The number of pyridine rings is 1. The molecule has 120 valence electrons. The first kappa shape index (κ1) is 13.7. The van der Waals surface area contributed by atoms with Crippen LogP contribution in [0.1, 0.15) is 0 Å². The number of imidazole rings is 1. The van der Waals surface area contributed by atoms with Gasteiger partial charge in [0.05, 0.1) is 17.7 Å². The fraction of sp³-hybridized carbons (Fsp3) is 0.188. The second kappa shape index (κ2) is 5.13. The zero-order chi connectivity index (χ0) is 16.1. The Hall–Kier alpha value is -2.74. The van der Waals surface area contributed by atoms with Gasteiger partial charge >= 0.3 is 5.69 Å². The van der Waals surface area contributed by atoms with Crippen molar-refractivity contribution in [2.45, 2.75) is 0 Å². The Morgan fingerprint density at radius 2 is 2.04 bits per heavy atom. The molecule has 2 aliphatic heterocycles. The van der Waals surface area contributed by atoms with Crippen LogP contribution < -0.4 is 15.2 Å². The van der Waals surface area contributed by atoms with E-state index in [1.807, 2.05) is 18.2 Å². The predicted molar refractivity (Wildman–Crippen MR) is 91.6 cm³/mol. The fourth-order valence-corrected chi connectivity index (χ4v) is 3.78. The molecule has 0 spiro atoms. The molecule has 4 heterocycles. The van der Waals surface area contributed by atoms with Crippen LogP contribution in [0.15, 0.2) is 46.3 Å². The summed E-state index contributed by atoms with van der Waals surface area (Å²) in [4.78, 5) is 21.9. The van der Waals surface area contributed by atoms with E-state index >= 15 is 0 Å². The van der Waals surface area contributed by atoms with Crippen molar-refractivity contribution in [3.63, 3.8) is 0 Å². The Bertz CT molecular complexity index is 1050. The third-order valence-electron chi connectivity index (χ3n) is 3.98. The maximum atomic E-state index is 13.1. The lowest BCUT2D eigenvalue weighted by Crippen LogP contribution is -2.26. The maximum absolute atomic E-state index is 13.1. The van der Waals surface area contributed by atoms with E-state index < -0.39 is 0 Å². The molecule has 7 nitrogen and oxygen atoms in total. The zero-order valence-corrected chi connectivity index (χ0v) is 13.3. The minimum Gasteiger partial charge on any atom is -0.454 e. The van der Waals surface area contributed by atoms with Crippen LogP contribution in [0.25, 0.3) is 16.9 Å². The number of aliphatic imine (C=N–C) groups is 1. The quantitative estimate of drug-likeness (QED) is 0.676. The molecule has 24 heavy (non-hydrogen) atoms. The minimum absolute atomic E-state index is 0.185. The molecular formula is C16H12N4O3S. The lowest BCUT2D eigenvalue weighted by Gasteiger charge is -2.04. The molecule has 3 aromatic rings. The molecule has 2 aliphatic rings. The molecule has 0 fully saturated rings. The predicted octanol–water partition coefficient (Wildman–Crippen LogP) is 1.87. The SMILES string of the molecule is O=c1n(C2=NCCS2)c2cccnc2n1-c1ccc2c(c1)OCO2. The van der Waals surface area contributed by atoms with E-state index in [4.69, 9.17) is 9.47 Å². The van der Waals surface area contributed by atoms with Gasteiger partial charge in [0.2, 0.25) is 6.79 Å². The zero-order valence-electron chi connectivity index (χ0n) is 12.5. The van der Waals surface area contributed by atoms with E-state index in [2.05, 4.69) is 9.98 Å². The molecule has 0 radical (unpaired) electrons. The average Bonchev–Trinajstić information content (AvgIpc) is 3.32. The standard InChI is InChI=1S/C16H12N4O3S/c21-16-19(10-3-4-12-13(8-10)23-9-22-12)14-11(2-1-5-17-14)20(16)15-18-6-7-24-15/h1-5,8H,6-7,9H2. The maximum Gasteiger partial charge on any atom is 0.341 e. The summed E-state index contributed by atoms with van der Waals surface area (Å²) < 4.78 is 14.0. The van der Waals surface area contributed by atoms with Crippen LogP contribution in [0.4, 0.5) is 0 Å². The number of thioether (sulfide) groups is 1. The van der Waals surface area contributed by atoms with E-state index in [-0.39, 0.29) is 12.5 Å². The topological polar surface area (TPSA) is 70.6 Å². The molecule has 2 aromatic heterocycles. The highest BCUT2D eigenvalue weighted by molar-refractivity contribution is 8.14. The monoisotopic (exact) mass is 340 g/mol. The van der Waals surface area contributed by atoms with Crippen LogP contribution in [0.2, 0.25) is 0 Å². The van der Waals surface area contributed by atoms with Crippen molar-refractivity contribution >= 4 is 28.1 Å². The molecule has 0 amide bonds. The van der Waals surface area contributed by atoms with Crippen molar-refractivity contribution in [1.82, 2.24) is 14.1 Å². The van der Waals surface area contributed by atoms with E-state index in [0.717, 1.165) is 23.0 Å². The summed E-state index contributed by atoms with van der Waals surface area (Å²) >= 11 is 1.58. The molecule has 0 unspecified atom stereocenters. The lowest BCUT2D eigenvalue weighted by molar-refractivity contribution is 0.174. The van der Waals surface area contributed by atoms with Crippen molar-refractivity contribution in [3.05, 3.63) is 47.0 Å². The van der Waals surface area contributed by atoms with E-state index in [1.54, 1.807) is 39.2 Å². The normalized spacial score (nSPS) is 15.9. The lowest BCUT2D eigenvalue weighted by atomic mass is 10.2. The van der Waals surface area contributed by atoms with Gasteiger partial charge in [-0.3, -0.25) is 4.99 Å². The first-order valence-electron chi connectivity index (χ1n) is 7.49. The van der Waals surface area contributed by atoms with Crippen LogP contribution >= 0.6 is 11.8 Å². The van der Waals surface area contributed by atoms with Crippen LogP contribution in [-0.2, 0) is 0 Å². The molecular weight excluding hydrogens is 328 g/mol. The number of nitrogens with zero attached hydrogens (tertiary/aromatic N) is 4. The second-order valence-electron chi connectivity index (χ2n) is 5.35. The number of aromatic nitrogens is 3. The molecule has 0 N–H and O–H groups in total. The van der Waals surface area contributed by atoms with Gasteiger partial charge in [0.1, 0.15) is 0 Å². The summed E-state index contributed by atoms with van der Waals surface area (Å²) in [7, 11) is 0. The highest BCUT2D eigenvalue weighted by Crippen LogP contribution is 2.34. The molecule has 0 bridgehead atoms. The van der Waals surface area contributed by atoms with Gasteiger partial charge in [-0.1, -0.05) is 11.8 Å². The van der Waals surface area contributed by atoms with Gasteiger partial charge in [0, 0.05) is 18.0 Å². The third kappa shape index (κ3) is 1.89. The minimum atomic E-state index is -0.185. The van der Waals surface area contributed by atoms with Crippen LogP contribution in [0.5, 0.6) is 11.5 Å². The number of benzene rings is 1. The Morgan fingerprint density at radius 1 is 1.12 bits per heavy atom. The summed E-state index contributed by atoms with van der Waals surface area (Å²) in [5, 5.41) is 0.720. The number of fused-ring (bicyclic) bond motifs is 2. The fourth-order valence-electron chi connectivity index (χ4n) is 2.93. The van der Waals surface area contributed by atoms with Gasteiger partial charge in [-0.05, 0) is 24.3 Å².